The van der Waals surface area contributed by atoms with Gasteiger partial charge in [0.1, 0.15) is 6.61 Å². The van der Waals surface area contributed by atoms with Gasteiger partial charge >= 0.3 is 12.3 Å². The zero-order valence-corrected chi connectivity index (χ0v) is 22.3. The summed E-state index contributed by atoms with van der Waals surface area (Å²) in [6, 6.07) is 1.11. The molecule has 0 aromatic carbocycles. The second-order valence-corrected chi connectivity index (χ2v) is 11.3. The third-order valence-electron chi connectivity index (χ3n) is 9.01. The number of likely N-dealkylation sites (tertiary alicyclic amines) is 1. The van der Waals surface area contributed by atoms with Crippen LogP contribution in [-0.2, 0) is 38.1 Å². The Kier molecular flexibility index (Phi) is 7.92. The molecule has 2 amide bonds. The molecule has 2 unspecified atom stereocenters. The molecule has 0 spiro atoms. The van der Waals surface area contributed by atoms with Gasteiger partial charge in [-0.25, -0.2) is 4.79 Å². The standard InChI is InChI=1S/C28H36F3N3O5/c1-3-7-39-26(36)34-15-22-10-18(9-19-5-8-38-16-24(19)37-2)12-27(22,17-34)25(35)33-6-4-23-20(14-33)11-21(13-32-23)28(29,30)31/h3,11,13,18-19,22,24H,1,4-10,12,14-17H2,2H3/t18-,19?,22+,24?,27+/m1/s1. The summed E-state index contributed by atoms with van der Waals surface area (Å²) in [5.74, 6) is 0.476. The first-order chi connectivity index (χ1) is 18.6. The van der Waals surface area contributed by atoms with E-state index in [0.717, 1.165) is 31.5 Å². The Morgan fingerprint density at radius 2 is 2.15 bits per heavy atom. The highest BCUT2D eigenvalue weighted by atomic mass is 19.4. The topological polar surface area (TPSA) is 81.2 Å². The fourth-order valence-electron chi connectivity index (χ4n) is 7.16. The number of fused-ring (bicyclic) bond motifs is 2. The van der Waals surface area contributed by atoms with Crippen LogP contribution in [0.5, 0.6) is 0 Å². The van der Waals surface area contributed by atoms with E-state index in [9.17, 15) is 22.8 Å². The number of methoxy groups -OCH3 is 1. The molecule has 1 saturated carbocycles. The predicted molar refractivity (Wildman–Crippen MR) is 134 cm³/mol. The van der Waals surface area contributed by atoms with E-state index < -0.39 is 23.2 Å². The zero-order chi connectivity index (χ0) is 27.8. The molecule has 0 radical (unpaired) electrons. The van der Waals surface area contributed by atoms with Gasteiger partial charge in [0.25, 0.3) is 0 Å². The molecule has 1 aromatic rings. The van der Waals surface area contributed by atoms with Crippen molar-refractivity contribution < 1.29 is 37.0 Å². The number of halogens is 3. The van der Waals surface area contributed by atoms with Crippen LogP contribution in [0.4, 0.5) is 18.0 Å². The minimum Gasteiger partial charge on any atom is -0.445 e. The smallest absolute Gasteiger partial charge is 0.417 e. The summed E-state index contributed by atoms with van der Waals surface area (Å²) in [6.45, 7) is 6.05. The van der Waals surface area contributed by atoms with Gasteiger partial charge in [0.15, 0.2) is 0 Å². The molecule has 0 N–H and O–H groups in total. The number of hydrogen-bond donors (Lipinski definition) is 0. The van der Waals surface area contributed by atoms with E-state index in [4.69, 9.17) is 14.2 Å². The largest absolute Gasteiger partial charge is 0.445 e. The third-order valence-corrected chi connectivity index (χ3v) is 9.01. The highest BCUT2D eigenvalue weighted by Crippen LogP contribution is 2.54. The van der Waals surface area contributed by atoms with E-state index in [-0.39, 0.29) is 43.5 Å². The molecule has 5 rings (SSSR count). The highest BCUT2D eigenvalue weighted by molar-refractivity contribution is 5.85. The summed E-state index contributed by atoms with van der Waals surface area (Å²) in [7, 11) is 1.70. The van der Waals surface area contributed by atoms with Gasteiger partial charge in [-0.05, 0) is 55.1 Å². The Morgan fingerprint density at radius 3 is 2.90 bits per heavy atom. The van der Waals surface area contributed by atoms with Gasteiger partial charge in [-0.1, -0.05) is 12.7 Å². The lowest BCUT2D eigenvalue weighted by molar-refractivity contribution is -0.144. The van der Waals surface area contributed by atoms with Gasteiger partial charge in [-0.15, -0.1) is 0 Å². The fourth-order valence-corrected chi connectivity index (χ4v) is 7.16. The maximum absolute atomic E-state index is 14.3. The highest BCUT2D eigenvalue weighted by Gasteiger charge is 2.60. The molecule has 8 nitrogen and oxygen atoms in total. The molecule has 1 aromatic heterocycles. The lowest BCUT2D eigenvalue weighted by Crippen LogP contribution is -2.49. The van der Waals surface area contributed by atoms with Crippen LogP contribution in [0, 0.1) is 23.2 Å². The van der Waals surface area contributed by atoms with Crippen molar-refractivity contribution >= 4 is 12.0 Å². The van der Waals surface area contributed by atoms with Gasteiger partial charge in [-0.3, -0.25) is 9.78 Å². The summed E-state index contributed by atoms with van der Waals surface area (Å²) >= 11 is 0. The summed E-state index contributed by atoms with van der Waals surface area (Å²) in [4.78, 5) is 34.3. The summed E-state index contributed by atoms with van der Waals surface area (Å²) < 4.78 is 56.5. The molecule has 5 atom stereocenters. The van der Waals surface area contributed by atoms with E-state index in [1.807, 2.05) is 0 Å². The monoisotopic (exact) mass is 551 g/mol. The van der Waals surface area contributed by atoms with Crippen molar-refractivity contribution in [2.24, 2.45) is 23.2 Å². The number of carbonyl (C=O) groups is 2. The van der Waals surface area contributed by atoms with Crippen molar-refractivity contribution in [3.63, 3.8) is 0 Å². The molecular weight excluding hydrogens is 515 g/mol. The molecule has 3 aliphatic heterocycles. The van der Waals surface area contributed by atoms with E-state index in [1.165, 1.54) is 6.08 Å². The van der Waals surface area contributed by atoms with Gasteiger partial charge in [-0.2, -0.15) is 13.2 Å². The summed E-state index contributed by atoms with van der Waals surface area (Å²) in [5, 5.41) is 0. The second kappa shape index (κ2) is 11.1. The van der Waals surface area contributed by atoms with Crippen molar-refractivity contribution in [2.45, 2.75) is 50.9 Å². The normalized spacial score (nSPS) is 30.6. The second-order valence-electron chi connectivity index (χ2n) is 11.3. The number of amides is 2. The number of pyridine rings is 1. The van der Waals surface area contributed by atoms with Gasteiger partial charge in [0.05, 0.1) is 23.7 Å². The molecule has 0 bridgehead atoms. The Balaban J connectivity index is 1.37. The number of hydrogen-bond acceptors (Lipinski definition) is 6. The van der Waals surface area contributed by atoms with Crippen LogP contribution in [0.15, 0.2) is 24.9 Å². The van der Waals surface area contributed by atoms with E-state index in [1.54, 1.807) is 16.9 Å². The van der Waals surface area contributed by atoms with Gasteiger partial charge in [0.2, 0.25) is 5.91 Å². The first kappa shape index (κ1) is 27.9. The zero-order valence-electron chi connectivity index (χ0n) is 22.3. The number of rotatable bonds is 6. The molecule has 2 saturated heterocycles. The SMILES string of the molecule is C=CCOC(=O)N1C[C@@H]2C[C@@H](CC3CCOCC3OC)C[C@]2(C(=O)N2CCc3ncc(C(F)(F)F)cc3C2)C1. The van der Waals surface area contributed by atoms with Gasteiger partial charge < -0.3 is 24.0 Å². The Labute approximate surface area is 226 Å². The Morgan fingerprint density at radius 1 is 1.33 bits per heavy atom. The molecule has 4 aliphatic rings. The molecule has 214 valence electrons. The maximum atomic E-state index is 14.3. The van der Waals surface area contributed by atoms with Crippen LogP contribution >= 0.6 is 0 Å². The summed E-state index contributed by atoms with van der Waals surface area (Å²) in [6.07, 6.45) is 1.04. The first-order valence-electron chi connectivity index (χ1n) is 13.6. The van der Waals surface area contributed by atoms with Crippen molar-refractivity contribution in [1.29, 1.82) is 0 Å². The third kappa shape index (κ3) is 5.52. The molecule has 1 aliphatic carbocycles. The molecule has 39 heavy (non-hydrogen) atoms. The average molecular weight is 552 g/mol. The van der Waals surface area contributed by atoms with Crippen molar-refractivity contribution in [2.75, 3.05) is 46.6 Å². The summed E-state index contributed by atoms with van der Waals surface area (Å²) in [5.41, 5.74) is -0.583. The van der Waals surface area contributed by atoms with Gasteiger partial charge in [0, 0.05) is 58.2 Å². The van der Waals surface area contributed by atoms with E-state index >= 15 is 0 Å². The lowest BCUT2D eigenvalue weighted by Gasteiger charge is -2.37. The molecule has 3 fully saturated rings. The van der Waals surface area contributed by atoms with Crippen molar-refractivity contribution in [3.05, 3.63) is 41.7 Å². The quantitative estimate of drug-likeness (QED) is 0.496. The van der Waals surface area contributed by atoms with Crippen LogP contribution < -0.4 is 0 Å². The van der Waals surface area contributed by atoms with E-state index in [2.05, 4.69) is 11.6 Å². The lowest BCUT2D eigenvalue weighted by atomic mass is 9.78. The van der Waals surface area contributed by atoms with E-state index in [0.29, 0.717) is 56.3 Å². The number of nitrogens with zero attached hydrogens (tertiary/aromatic N) is 3. The maximum Gasteiger partial charge on any atom is 0.417 e. The minimum atomic E-state index is -4.50. The van der Waals surface area contributed by atoms with Crippen LogP contribution in [-0.4, -0.2) is 79.5 Å². The number of ether oxygens (including phenoxy) is 3. The Bertz CT molecular complexity index is 1100. The first-order valence-corrected chi connectivity index (χ1v) is 13.6. The Hall–Kier alpha value is -2.66. The number of aromatic nitrogens is 1. The molecule has 11 heteroatoms. The number of carbonyl (C=O) groups excluding carboxylic acids is 2. The minimum absolute atomic E-state index is 0.0187. The van der Waals surface area contributed by atoms with Crippen molar-refractivity contribution in [1.82, 2.24) is 14.8 Å². The number of alkyl halides is 3. The molecular formula is C28H36F3N3O5. The fraction of sp³-hybridized carbons (Fsp3) is 0.679. The van der Waals surface area contributed by atoms with Crippen molar-refractivity contribution in [3.8, 4) is 0 Å². The van der Waals surface area contributed by atoms with Crippen LogP contribution in [0.25, 0.3) is 0 Å². The predicted octanol–water partition coefficient (Wildman–Crippen LogP) is 4.08. The van der Waals surface area contributed by atoms with Crippen LogP contribution in [0.3, 0.4) is 0 Å². The van der Waals surface area contributed by atoms with Crippen LogP contribution in [0.1, 0.15) is 42.5 Å². The average Bonchev–Trinajstić information content (AvgIpc) is 3.45. The molecule has 4 heterocycles. The van der Waals surface area contributed by atoms with Crippen LogP contribution in [0.2, 0.25) is 0 Å².